The minimum atomic E-state index is 0. The fourth-order valence-corrected chi connectivity index (χ4v) is 2.25. The van der Waals surface area contributed by atoms with E-state index in [0.717, 1.165) is 24.3 Å². The quantitative estimate of drug-likeness (QED) is 0.726. The molecule has 0 aromatic carbocycles. The Balaban J connectivity index is 0.00000112. The van der Waals surface area contributed by atoms with E-state index in [4.69, 9.17) is 5.41 Å². The second-order valence-electron chi connectivity index (χ2n) is 3.37. The summed E-state index contributed by atoms with van der Waals surface area (Å²) in [7, 11) is 0. The number of halogens is 1. The van der Waals surface area contributed by atoms with Crippen molar-refractivity contribution in [1.29, 1.82) is 5.41 Å². The number of hydrogen-bond donors (Lipinski definition) is 1. The smallest absolute Gasteiger partial charge is 0.192 e. The Morgan fingerprint density at radius 3 is 2.93 bits per heavy atom. The number of nitrogens with one attached hydrogen (secondary N) is 1. The van der Waals surface area contributed by atoms with E-state index in [9.17, 15) is 4.79 Å². The molecule has 5 heteroatoms. The Morgan fingerprint density at radius 2 is 2.40 bits per heavy atom. The zero-order chi connectivity index (χ0) is 9.97. The molecule has 0 aliphatic carbocycles. The summed E-state index contributed by atoms with van der Waals surface area (Å²) in [6, 6.07) is 3.72. The van der Waals surface area contributed by atoms with Crippen LogP contribution >= 0.6 is 11.3 Å². The van der Waals surface area contributed by atoms with Crippen LogP contribution in [0.1, 0.15) is 22.5 Å². The number of likely N-dealkylation sites (tertiary alicyclic amines) is 1. The van der Waals surface area contributed by atoms with Gasteiger partial charge in [0.05, 0.1) is 17.3 Å². The molecule has 1 saturated heterocycles. The van der Waals surface area contributed by atoms with Crippen LogP contribution in [0.4, 0.5) is 0 Å². The van der Waals surface area contributed by atoms with Gasteiger partial charge in [0, 0.05) is 13.0 Å². The van der Waals surface area contributed by atoms with Gasteiger partial charge in [0.25, 0.3) is 0 Å². The maximum Gasteiger partial charge on any atom is 0.192 e. The van der Waals surface area contributed by atoms with Crippen LogP contribution in [0, 0.1) is 5.41 Å². The number of nitrogens with zero attached hydrogens (tertiary/aromatic N) is 1. The van der Waals surface area contributed by atoms with Gasteiger partial charge in [-0.3, -0.25) is 10.2 Å². The summed E-state index contributed by atoms with van der Waals surface area (Å²) in [5, 5.41) is 9.51. The molecule has 0 bridgehead atoms. The molecule has 0 spiro atoms. The molecule has 0 unspecified atom stereocenters. The van der Waals surface area contributed by atoms with Gasteiger partial charge in [-0.2, -0.15) is 0 Å². The average molecular weight is 288 g/mol. The Morgan fingerprint density at radius 1 is 1.60 bits per heavy atom. The number of thiophene rings is 1. The fourth-order valence-electron chi connectivity index (χ4n) is 1.59. The van der Waals surface area contributed by atoms with Crippen LogP contribution in [0.3, 0.4) is 0 Å². The van der Waals surface area contributed by atoms with E-state index in [2.05, 4.69) is 0 Å². The van der Waals surface area contributed by atoms with Crippen molar-refractivity contribution in [3.63, 3.8) is 0 Å². The SMILES string of the molecule is N=C1CCCN1CC(=O)c1cccs1.[Br-]. The van der Waals surface area contributed by atoms with Crippen LogP contribution in [0.25, 0.3) is 0 Å². The predicted molar refractivity (Wildman–Crippen MR) is 57.2 cm³/mol. The van der Waals surface area contributed by atoms with E-state index in [-0.39, 0.29) is 22.8 Å². The number of hydrogen-bond acceptors (Lipinski definition) is 3. The Bertz CT molecular complexity index is 350. The molecule has 1 aliphatic rings. The third kappa shape index (κ3) is 2.89. The van der Waals surface area contributed by atoms with Crippen molar-refractivity contribution in [1.82, 2.24) is 4.90 Å². The van der Waals surface area contributed by atoms with Gasteiger partial charge in [0.15, 0.2) is 5.78 Å². The zero-order valence-electron chi connectivity index (χ0n) is 8.20. The third-order valence-electron chi connectivity index (χ3n) is 2.35. The second kappa shape index (κ2) is 5.42. The summed E-state index contributed by atoms with van der Waals surface area (Å²) < 4.78 is 0. The van der Waals surface area contributed by atoms with Crippen molar-refractivity contribution >= 4 is 23.0 Å². The molecule has 1 aromatic rings. The molecule has 0 saturated carbocycles. The minimum absolute atomic E-state index is 0. The lowest BCUT2D eigenvalue weighted by molar-refractivity contribution is -0.0000109. The minimum Gasteiger partial charge on any atom is -1.00 e. The molecule has 3 nitrogen and oxygen atoms in total. The molecule has 1 N–H and O–H groups in total. The molecule has 0 atom stereocenters. The highest BCUT2D eigenvalue weighted by Gasteiger charge is 2.20. The fraction of sp³-hybridized carbons (Fsp3) is 0.400. The molecule has 1 aromatic heterocycles. The van der Waals surface area contributed by atoms with Crippen LogP contribution in [0.15, 0.2) is 17.5 Å². The Hall–Kier alpha value is -0.680. The van der Waals surface area contributed by atoms with Crippen LogP contribution in [-0.2, 0) is 0 Å². The molecule has 0 radical (unpaired) electrons. The van der Waals surface area contributed by atoms with E-state index in [0.29, 0.717) is 12.4 Å². The predicted octanol–water partition coefficient (Wildman–Crippen LogP) is -0.992. The van der Waals surface area contributed by atoms with Crippen LogP contribution in [0.2, 0.25) is 0 Å². The molecule has 82 valence electrons. The average Bonchev–Trinajstić information content (AvgIpc) is 2.77. The molecule has 2 heterocycles. The van der Waals surface area contributed by atoms with E-state index in [1.165, 1.54) is 11.3 Å². The standard InChI is InChI=1S/C10H12N2OS.BrH/c11-10-4-1-5-12(10)7-8(13)9-3-2-6-14-9;/h2-3,6,11H,1,4-5,7H2;1H/p-1. The van der Waals surface area contributed by atoms with Crippen LogP contribution in [0.5, 0.6) is 0 Å². The lowest BCUT2D eigenvalue weighted by Gasteiger charge is -2.15. The number of rotatable bonds is 3. The number of carbonyl (C=O) groups excluding carboxylic acids is 1. The van der Waals surface area contributed by atoms with E-state index >= 15 is 0 Å². The largest absolute Gasteiger partial charge is 1.00 e. The lowest BCUT2D eigenvalue weighted by atomic mass is 10.3. The summed E-state index contributed by atoms with van der Waals surface area (Å²) in [6.45, 7) is 1.23. The van der Waals surface area contributed by atoms with E-state index in [1.807, 2.05) is 22.4 Å². The normalized spacial score (nSPS) is 15.2. The van der Waals surface area contributed by atoms with Crippen molar-refractivity contribution in [2.24, 2.45) is 0 Å². The maximum absolute atomic E-state index is 11.7. The van der Waals surface area contributed by atoms with Crippen molar-refractivity contribution in [3.8, 4) is 0 Å². The third-order valence-corrected chi connectivity index (χ3v) is 3.26. The van der Waals surface area contributed by atoms with Crippen molar-refractivity contribution in [2.75, 3.05) is 13.1 Å². The first-order chi connectivity index (χ1) is 6.77. The van der Waals surface area contributed by atoms with Crippen LogP contribution in [-0.4, -0.2) is 29.6 Å². The molecule has 0 amide bonds. The second-order valence-corrected chi connectivity index (χ2v) is 4.32. The first-order valence-electron chi connectivity index (χ1n) is 4.66. The van der Waals surface area contributed by atoms with Gasteiger partial charge in [-0.15, -0.1) is 11.3 Å². The maximum atomic E-state index is 11.7. The number of amidine groups is 1. The van der Waals surface area contributed by atoms with Gasteiger partial charge in [-0.25, -0.2) is 0 Å². The first kappa shape index (κ1) is 12.4. The van der Waals surface area contributed by atoms with Gasteiger partial charge >= 0.3 is 0 Å². The highest BCUT2D eigenvalue weighted by Crippen LogP contribution is 2.14. The Labute approximate surface area is 103 Å². The van der Waals surface area contributed by atoms with Crippen molar-refractivity contribution in [2.45, 2.75) is 12.8 Å². The summed E-state index contributed by atoms with van der Waals surface area (Å²) in [4.78, 5) is 14.3. The van der Waals surface area contributed by atoms with Crippen LogP contribution < -0.4 is 17.0 Å². The molecule has 15 heavy (non-hydrogen) atoms. The monoisotopic (exact) mass is 287 g/mol. The summed E-state index contributed by atoms with van der Waals surface area (Å²) in [5.41, 5.74) is 0. The van der Waals surface area contributed by atoms with Gasteiger partial charge in [-0.1, -0.05) is 6.07 Å². The summed E-state index contributed by atoms with van der Waals surface area (Å²) in [6.07, 6.45) is 1.83. The van der Waals surface area contributed by atoms with Gasteiger partial charge in [0.2, 0.25) is 0 Å². The molecule has 1 aliphatic heterocycles. The number of carbonyl (C=O) groups is 1. The van der Waals surface area contributed by atoms with Gasteiger partial charge < -0.3 is 21.9 Å². The van der Waals surface area contributed by atoms with Crippen molar-refractivity contribution in [3.05, 3.63) is 22.4 Å². The summed E-state index contributed by atoms with van der Waals surface area (Å²) >= 11 is 1.47. The van der Waals surface area contributed by atoms with Crippen molar-refractivity contribution < 1.29 is 21.8 Å². The number of Topliss-reactive ketones (excluding diaryl/α,β-unsaturated/α-hetero) is 1. The molecular formula is C10H12BrN2OS-. The zero-order valence-corrected chi connectivity index (χ0v) is 10.6. The molecule has 2 rings (SSSR count). The summed E-state index contributed by atoms with van der Waals surface area (Å²) in [5.74, 6) is 0.738. The molecular weight excluding hydrogens is 276 g/mol. The highest BCUT2D eigenvalue weighted by molar-refractivity contribution is 7.12. The highest BCUT2D eigenvalue weighted by atomic mass is 79.9. The van der Waals surface area contributed by atoms with E-state index < -0.39 is 0 Å². The molecule has 1 fully saturated rings. The topological polar surface area (TPSA) is 44.2 Å². The first-order valence-corrected chi connectivity index (χ1v) is 5.54. The van der Waals surface area contributed by atoms with E-state index in [1.54, 1.807) is 0 Å². The van der Waals surface area contributed by atoms with Gasteiger partial charge in [-0.05, 0) is 17.9 Å². The number of ketones is 1. The van der Waals surface area contributed by atoms with Gasteiger partial charge in [0.1, 0.15) is 0 Å². The lowest BCUT2D eigenvalue weighted by Crippen LogP contribution is -3.00. The Kier molecular flexibility index (Phi) is 4.47.